The second-order valence-corrected chi connectivity index (χ2v) is 3.67. The average Bonchev–Trinajstić information content (AvgIpc) is 2.19. The highest BCUT2D eigenvalue weighted by atomic mass is 16.6. The first kappa shape index (κ1) is 11.0. The third-order valence-corrected chi connectivity index (χ3v) is 2.01. The Morgan fingerprint density at radius 1 is 1.57 bits per heavy atom. The summed E-state index contributed by atoms with van der Waals surface area (Å²) in [4.78, 5) is 16.2. The van der Waals surface area contributed by atoms with Gasteiger partial charge in [0.05, 0.1) is 6.61 Å². The van der Waals surface area contributed by atoms with E-state index in [9.17, 15) is 4.79 Å². The molecule has 0 unspecified atom stereocenters. The quantitative estimate of drug-likeness (QED) is 0.696. The van der Waals surface area contributed by atoms with E-state index in [1.807, 2.05) is 19.9 Å². The molecule has 0 radical (unpaired) electrons. The molecular formula is C11H17NO2. The van der Waals surface area contributed by atoms with Crippen LogP contribution in [0.5, 0.6) is 0 Å². The number of hydrogen-bond donors (Lipinski definition) is 1. The number of nitrogens with one attached hydrogen (secondary N) is 1. The van der Waals surface area contributed by atoms with Gasteiger partial charge in [0.1, 0.15) is 0 Å². The molecule has 1 aliphatic rings. The van der Waals surface area contributed by atoms with Crippen LogP contribution in [0.1, 0.15) is 26.7 Å². The molecule has 0 spiro atoms. The van der Waals surface area contributed by atoms with Crippen LogP contribution in [0.2, 0.25) is 0 Å². The van der Waals surface area contributed by atoms with Crippen molar-refractivity contribution in [1.29, 1.82) is 0 Å². The van der Waals surface area contributed by atoms with E-state index in [0.29, 0.717) is 6.61 Å². The van der Waals surface area contributed by atoms with Gasteiger partial charge in [-0.05, 0) is 18.4 Å². The molecule has 0 fully saturated rings. The summed E-state index contributed by atoms with van der Waals surface area (Å²) in [6.07, 6.45) is 8.44. The summed E-state index contributed by atoms with van der Waals surface area (Å²) in [5, 5.41) is 0. The standard InChI is InChI=1S/C11H17NO2/c1-9(2)11(13)12-14-8-10-6-4-3-5-7-10/h4,6-7,9H,3,5,8H2,1-2H3,(H,12,13). The Balaban J connectivity index is 2.18. The minimum absolute atomic E-state index is 0.0362. The van der Waals surface area contributed by atoms with Gasteiger partial charge in [0.15, 0.2) is 0 Å². The minimum atomic E-state index is -0.0783. The zero-order valence-electron chi connectivity index (χ0n) is 8.75. The van der Waals surface area contributed by atoms with Gasteiger partial charge in [0.2, 0.25) is 5.91 Å². The van der Waals surface area contributed by atoms with Gasteiger partial charge in [-0.3, -0.25) is 9.63 Å². The van der Waals surface area contributed by atoms with Crippen molar-refractivity contribution in [3.05, 3.63) is 23.8 Å². The first-order chi connectivity index (χ1) is 6.70. The molecule has 14 heavy (non-hydrogen) atoms. The van der Waals surface area contributed by atoms with Crippen LogP contribution >= 0.6 is 0 Å². The number of carbonyl (C=O) groups excluding carboxylic acids is 1. The van der Waals surface area contributed by atoms with Crippen molar-refractivity contribution in [2.45, 2.75) is 26.7 Å². The first-order valence-corrected chi connectivity index (χ1v) is 4.97. The molecule has 1 amide bonds. The Morgan fingerprint density at radius 2 is 2.36 bits per heavy atom. The number of hydroxylamine groups is 1. The van der Waals surface area contributed by atoms with E-state index in [0.717, 1.165) is 18.4 Å². The van der Waals surface area contributed by atoms with Crippen molar-refractivity contribution in [1.82, 2.24) is 5.48 Å². The monoisotopic (exact) mass is 195 g/mol. The van der Waals surface area contributed by atoms with E-state index < -0.39 is 0 Å². The fraction of sp³-hybridized carbons (Fsp3) is 0.545. The van der Waals surface area contributed by atoms with Gasteiger partial charge in [-0.15, -0.1) is 0 Å². The van der Waals surface area contributed by atoms with Crippen LogP contribution in [-0.2, 0) is 9.63 Å². The topological polar surface area (TPSA) is 38.3 Å². The SMILES string of the molecule is CC(C)C(=O)NOCC1=CCCC=C1. The maximum Gasteiger partial charge on any atom is 0.246 e. The highest BCUT2D eigenvalue weighted by Gasteiger charge is 2.06. The molecule has 0 bridgehead atoms. The molecular weight excluding hydrogens is 178 g/mol. The van der Waals surface area contributed by atoms with Crippen LogP contribution in [0.15, 0.2) is 23.8 Å². The lowest BCUT2D eigenvalue weighted by Gasteiger charge is -2.09. The molecule has 0 saturated carbocycles. The predicted octanol–water partition coefficient (Wildman–Crippen LogP) is 1.97. The number of carbonyl (C=O) groups is 1. The molecule has 0 aromatic rings. The van der Waals surface area contributed by atoms with Crippen molar-refractivity contribution >= 4 is 5.91 Å². The summed E-state index contributed by atoms with van der Waals surface area (Å²) in [6, 6.07) is 0. The lowest BCUT2D eigenvalue weighted by atomic mass is 10.1. The second-order valence-electron chi connectivity index (χ2n) is 3.67. The molecule has 0 heterocycles. The van der Waals surface area contributed by atoms with E-state index >= 15 is 0 Å². The van der Waals surface area contributed by atoms with Gasteiger partial charge < -0.3 is 0 Å². The van der Waals surface area contributed by atoms with E-state index in [4.69, 9.17) is 4.84 Å². The summed E-state index contributed by atoms with van der Waals surface area (Å²) in [5.74, 6) is -0.115. The average molecular weight is 195 g/mol. The van der Waals surface area contributed by atoms with Gasteiger partial charge in [-0.1, -0.05) is 32.1 Å². The molecule has 0 saturated heterocycles. The highest BCUT2D eigenvalue weighted by Crippen LogP contribution is 2.09. The van der Waals surface area contributed by atoms with Crippen LogP contribution in [0.3, 0.4) is 0 Å². The molecule has 1 aliphatic carbocycles. The van der Waals surface area contributed by atoms with Crippen molar-refractivity contribution in [2.75, 3.05) is 6.61 Å². The van der Waals surface area contributed by atoms with E-state index in [1.54, 1.807) is 0 Å². The number of rotatable bonds is 4. The summed E-state index contributed by atoms with van der Waals surface area (Å²) in [7, 11) is 0. The molecule has 0 aromatic carbocycles. The van der Waals surface area contributed by atoms with E-state index in [-0.39, 0.29) is 11.8 Å². The lowest BCUT2D eigenvalue weighted by molar-refractivity contribution is -0.135. The number of amides is 1. The molecule has 1 N–H and O–H groups in total. The molecule has 0 aromatic heterocycles. The molecule has 3 nitrogen and oxygen atoms in total. The second kappa shape index (κ2) is 5.60. The summed E-state index contributed by atoms with van der Waals surface area (Å²) < 4.78 is 0. The lowest BCUT2D eigenvalue weighted by Crippen LogP contribution is -2.28. The maximum absolute atomic E-state index is 11.1. The van der Waals surface area contributed by atoms with Crippen LogP contribution in [0.25, 0.3) is 0 Å². The van der Waals surface area contributed by atoms with Gasteiger partial charge in [0, 0.05) is 5.92 Å². The molecule has 78 valence electrons. The van der Waals surface area contributed by atoms with Crippen molar-refractivity contribution in [3.8, 4) is 0 Å². The minimum Gasteiger partial charge on any atom is -0.273 e. The van der Waals surface area contributed by atoms with Crippen molar-refractivity contribution in [3.63, 3.8) is 0 Å². The highest BCUT2D eigenvalue weighted by molar-refractivity contribution is 5.76. The third kappa shape index (κ3) is 3.75. The zero-order chi connectivity index (χ0) is 10.4. The Hall–Kier alpha value is -1.09. The molecule has 0 aliphatic heterocycles. The molecule has 3 heteroatoms. The zero-order valence-corrected chi connectivity index (χ0v) is 8.75. The summed E-state index contributed by atoms with van der Waals surface area (Å²) in [5.41, 5.74) is 3.54. The normalized spacial score (nSPS) is 15.5. The fourth-order valence-electron chi connectivity index (χ4n) is 1.08. The molecule has 1 rings (SSSR count). The Kier molecular flexibility index (Phi) is 4.40. The maximum atomic E-state index is 11.1. The van der Waals surface area contributed by atoms with Crippen LogP contribution in [0.4, 0.5) is 0 Å². The Bertz CT molecular complexity index is 254. The Labute approximate surface area is 84.8 Å². The predicted molar refractivity (Wildman–Crippen MR) is 55.4 cm³/mol. The van der Waals surface area contributed by atoms with Gasteiger partial charge in [-0.2, -0.15) is 0 Å². The van der Waals surface area contributed by atoms with Gasteiger partial charge in [-0.25, -0.2) is 5.48 Å². The fourth-order valence-corrected chi connectivity index (χ4v) is 1.08. The van der Waals surface area contributed by atoms with Gasteiger partial charge >= 0.3 is 0 Å². The van der Waals surface area contributed by atoms with Crippen LogP contribution in [-0.4, -0.2) is 12.5 Å². The van der Waals surface area contributed by atoms with Gasteiger partial charge in [0.25, 0.3) is 0 Å². The summed E-state index contributed by atoms with van der Waals surface area (Å²) >= 11 is 0. The van der Waals surface area contributed by atoms with Crippen molar-refractivity contribution in [2.24, 2.45) is 5.92 Å². The van der Waals surface area contributed by atoms with Crippen LogP contribution in [0, 0.1) is 5.92 Å². The smallest absolute Gasteiger partial charge is 0.246 e. The van der Waals surface area contributed by atoms with Crippen LogP contribution < -0.4 is 5.48 Å². The summed E-state index contributed by atoms with van der Waals surface area (Å²) in [6.45, 7) is 4.12. The first-order valence-electron chi connectivity index (χ1n) is 4.97. The van der Waals surface area contributed by atoms with E-state index in [1.165, 1.54) is 0 Å². The number of hydrogen-bond acceptors (Lipinski definition) is 2. The molecule has 0 atom stereocenters. The number of allylic oxidation sites excluding steroid dienone is 2. The Morgan fingerprint density at radius 3 is 2.93 bits per heavy atom. The third-order valence-electron chi connectivity index (χ3n) is 2.01. The largest absolute Gasteiger partial charge is 0.273 e. The van der Waals surface area contributed by atoms with Crippen molar-refractivity contribution < 1.29 is 9.63 Å². The van der Waals surface area contributed by atoms with E-state index in [2.05, 4.69) is 17.6 Å².